The lowest BCUT2D eigenvalue weighted by Crippen LogP contribution is -2.37. The Hall–Kier alpha value is -4.17. The van der Waals surface area contributed by atoms with Crippen LogP contribution in [0.2, 0.25) is 0 Å². The number of aliphatic hydroxyl groups is 1. The lowest BCUT2D eigenvalue weighted by molar-refractivity contribution is -0.136. The topological polar surface area (TPSA) is 67.2 Å². The Labute approximate surface area is 248 Å². The van der Waals surface area contributed by atoms with Crippen molar-refractivity contribution in [3.8, 4) is 0 Å². The van der Waals surface area contributed by atoms with Gasteiger partial charge >= 0.3 is 6.18 Å². The first-order valence-electron chi connectivity index (χ1n) is 14.8. The molecule has 2 atom stereocenters. The maximum Gasteiger partial charge on any atom is 0.417 e. The fraction of sp³-hybridized carbons (Fsp3) is 0.314. The predicted molar refractivity (Wildman–Crippen MR) is 162 cm³/mol. The number of alkyl halides is 3. The van der Waals surface area contributed by atoms with Gasteiger partial charge in [0.15, 0.2) is 0 Å². The Morgan fingerprint density at radius 1 is 0.977 bits per heavy atom. The SMILES string of the molecule is Cc1cc(C(F)(F)F)c2c3ccccc3n(Cc3ccc(C(C(=O)NC(CO)c4ccccc4)C4CCCC4)cc3)c2n1. The molecule has 2 unspecified atom stereocenters. The van der Waals surface area contributed by atoms with Crippen LogP contribution in [0.3, 0.4) is 0 Å². The van der Waals surface area contributed by atoms with E-state index in [1.807, 2.05) is 71.3 Å². The molecule has 5 aromatic rings. The third kappa shape index (κ3) is 5.76. The van der Waals surface area contributed by atoms with Gasteiger partial charge in [-0.15, -0.1) is 0 Å². The van der Waals surface area contributed by atoms with E-state index < -0.39 is 17.8 Å². The maximum atomic E-state index is 14.1. The van der Waals surface area contributed by atoms with Crippen LogP contribution < -0.4 is 5.32 Å². The molecule has 5 nitrogen and oxygen atoms in total. The van der Waals surface area contributed by atoms with E-state index in [0.29, 0.717) is 28.8 Å². The third-order valence-electron chi connectivity index (χ3n) is 8.69. The monoisotopic (exact) mass is 585 g/mol. The number of aromatic nitrogens is 2. The van der Waals surface area contributed by atoms with E-state index in [4.69, 9.17) is 0 Å². The molecule has 0 bridgehead atoms. The summed E-state index contributed by atoms with van der Waals surface area (Å²) in [7, 11) is 0. The van der Waals surface area contributed by atoms with Gasteiger partial charge in [0.1, 0.15) is 5.65 Å². The first-order chi connectivity index (χ1) is 20.7. The van der Waals surface area contributed by atoms with Crippen LogP contribution in [0.15, 0.2) is 84.9 Å². The average Bonchev–Trinajstić information content (AvgIpc) is 3.63. The molecule has 0 radical (unpaired) electrons. The molecule has 2 N–H and O–H groups in total. The normalized spacial score (nSPS) is 15.7. The van der Waals surface area contributed by atoms with E-state index in [9.17, 15) is 23.1 Å². The molecule has 1 aliphatic rings. The Morgan fingerprint density at radius 2 is 1.65 bits per heavy atom. The molecule has 1 fully saturated rings. The van der Waals surface area contributed by atoms with Gasteiger partial charge in [-0.05, 0) is 54.5 Å². The lowest BCUT2D eigenvalue weighted by atomic mass is 9.83. The molecule has 6 rings (SSSR count). The number of para-hydroxylation sites is 1. The number of amides is 1. The second-order valence-corrected chi connectivity index (χ2v) is 11.5. The number of hydrogen-bond donors (Lipinski definition) is 2. The molecule has 0 saturated heterocycles. The highest BCUT2D eigenvalue weighted by Crippen LogP contribution is 2.41. The number of aliphatic hydroxyl groups excluding tert-OH is 1. The second kappa shape index (κ2) is 11.8. The van der Waals surface area contributed by atoms with Gasteiger partial charge in [-0.25, -0.2) is 4.98 Å². The van der Waals surface area contributed by atoms with Gasteiger partial charge in [0.25, 0.3) is 0 Å². The fourth-order valence-electron chi connectivity index (χ4n) is 6.66. The van der Waals surface area contributed by atoms with Crippen LogP contribution in [0.25, 0.3) is 21.9 Å². The molecule has 1 aliphatic carbocycles. The Kier molecular flexibility index (Phi) is 7.97. The van der Waals surface area contributed by atoms with Crippen molar-refractivity contribution in [3.63, 3.8) is 0 Å². The van der Waals surface area contributed by atoms with Crippen molar-refractivity contribution in [1.82, 2.24) is 14.9 Å². The van der Waals surface area contributed by atoms with Gasteiger partial charge in [-0.2, -0.15) is 13.2 Å². The number of rotatable bonds is 8. The molecule has 1 saturated carbocycles. The highest BCUT2D eigenvalue weighted by atomic mass is 19.4. The Morgan fingerprint density at radius 3 is 2.33 bits per heavy atom. The molecule has 8 heteroatoms. The van der Waals surface area contributed by atoms with Crippen LogP contribution in [-0.2, 0) is 17.5 Å². The van der Waals surface area contributed by atoms with Crippen LogP contribution >= 0.6 is 0 Å². The standard InChI is InChI=1S/C35H34F3N3O2/c1-22-19-28(35(36,37)38)32-27-13-7-8-14-30(27)41(33(32)39-22)20-23-15-17-26(18-16-23)31(25-11-5-6-12-25)34(43)40-29(21-42)24-9-3-2-4-10-24/h2-4,7-10,13-19,25,29,31,42H,5-6,11-12,20-21H2,1H3,(H,40,43). The van der Waals surface area contributed by atoms with E-state index in [1.54, 1.807) is 19.1 Å². The smallest absolute Gasteiger partial charge is 0.394 e. The number of pyridine rings is 1. The van der Waals surface area contributed by atoms with Crippen LogP contribution in [0.1, 0.15) is 65.6 Å². The number of benzene rings is 3. The first kappa shape index (κ1) is 28.9. The molecule has 1 amide bonds. The van der Waals surface area contributed by atoms with Crippen LogP contribution in [0, 0.1) is 12.8 Å². The second-order valence-electron chi connectivity index (χ2n) is 11.5. The summed E-state index contributed by atoms with van der Waals surface area (Å²) in [6.45, 7) is 1.71. The minimum absolute atomic E-state index is 0.107. The zero-order valence-electron chi connectivity index (χ0n) is 23.9. The van der Waals surface area contributed by atoms with Crippen LogP contribution in [0.4, 0.5) is 13.2 Å². The highest BCUT2D eigenvalue weighted by Gasteiger charge is 2.36. The Balaban J connectivity index is 1.33. The summed E-state index contributed by atoms with van der Waals surface area (Å²) in [5, 5.41) is 13.8. The highest BCUT2D eigenvalue weighted by molar-refractivity contribution is 6.08. The van der Waals surface area contributed by atoms with Crippen LogP contribution in [0.5, 0.6) is 0 Å². The molecule has 2 aromatic heterocycles. The van der Waals surface area contributed by atoms with Gasteiger partial charge < -0.3 is 15.0 Å². The van der Waals surface area contributed by atoms with Crippen molar-refractivity contribution >= 4 is 27.8 Å². The maximum absolute atomic E-state index is 14.1. The molecule has 3 aromatic carbocycles. The van der Waals surface area contributed by atoms with Crippen molar-refractivity contribution in [2.24, 2.45) is 5.92 Å². The van der Waals surface area contributed by atoms with E-state index in [0.717, 1.165) is 48.4 Å². The van der Waals surface area contributed by atoms with Gasteiger partial charge in [0.2, 0.25) is 5.91 Å². The van der Waals surface area contributed by atoms with E-state index in [1.165, 1.54) is 0 Å². The number of hydrogen-bond acceptors (Lipinski definition) is 3. The number of nitrogens with zero attached hydrogens (tertiary/aromatic N) is 2. The first-order valence-corrected chi connectivity index (χ1v) is 14.8. The number of fused-ring (bicyclic) bond motifs is 3. The summed E-state index contributed by atoms with van der Waals surface area (Å²) >= 11 is 0. The van der Waals surface area contributed by atoms with Crippen molar-refractivity contribution in [1.29, 1.82) is 0 Å². The summed E-state index contributed by atoms with van der Waals surface area (Å²) in [6.07, 6.45) is -0.427. The summed E-state index contributed by atoms with van der Waals surface area (Å²) in [5.74, 6) is -0.267. The zero-order valence-corrected chi connectivity index (χ0v) is 23.9. The molecule has 0 spiro atoms. The Bertz CT molecular complexity index is 1740. The van der Waals surface area contributed by atoms with Crippen molar-refractivity contribution < 1.29 is 23.1 Å². The van der Waals surface area contributed by atoms with E-state index >= 15 is 0 Å². The van der Waals surface area contributed by atoms with E-state index in [-0.39, 0.29) is 29.7 Å². The molecular formula is C35H34F3N3O2. The third-order valence-corrected chi connectivity index (χ3v) is 8.69. The number of aryl methyl sites for hydroxylation is 1. The van der Waals surface area contributed by atoms with Crippen LogP contribution in [-0.4, -0.2) is 27.2 Å². The lowest BCUT2D eigenvalue weighted by Gasteiger charge is -2.26. The van der Waals surface area contributed by atoms with Gasteiger partial charge in [0, 0.05) is 23.0 Å². The molecule has 43 heavy (non-hydrogen) atoms. The number of halogens is 3. The minimum Gasteiger partial charge on any atom is -0.394 e. The van der Waals surface area contributed by atoms with Gasteiger partial charge in [-0.1, -0.05) is 85.6 Å². The largest absolute Gasteiger partial charge is 0.417 e. The zero-order chi connectivity index (χ0) is 30.1. The van der Waals surface area contributed by atoms with Gasteiger partial charge in [-0.3, -0.25) is 4.79 Å². The number of nitrogens with one attached hydrogen (secondary N) is 1. The van der Waals surface area contributed by atoms with Gasteiger partial charge in [0.05, 0.1) is 29.6 Å². The van der Waals surface area contributed by atoms with Crippen molar-refractivity contribution in [2.75, 3.05) is 6.61 Å². The predicted octanol–water partition coefficient (Wildman–Crippen LogP) is 7.69. The molecule has 2 heterocycles. The average molecular weight is 586 g/mol. The number of carbonyl (C=O) groups excluding carboxylic acids is 1. The van der Waals surface area contributed by atoms with E-state index in [2.05, 4.69) is 10.3 Å². The van der Waals surface area contributed by atoms with Crippen molar-refractivity contribution in [3.05, 3.63) is 113 Å². The summed E-state index contributed by atoms with van der Waals surface area (Å²) in [6, 6.07) is 25.0. The molecular weight excluding hydrogens is 551 g/mol. The minimum atomic E-state index is -4.51. The fourth-order valence-corrected chi connectivity index (χ4v) is 6.66. The molecule has 0 aliphatic heterocycles. The quantitative estimate of drug-likeness (QED) is 0.196. The number of carbonyl (C=O) groups is 1. The summed E-state index contributed by atoms with van der Waals surface area (Å²) < 4.78 is 44.1. The molecule has 222 valence electrons. The summed E-state index contributed by atoms with van der Waals surface area (Å²) in [5.41, 5.74) is 3.26. The van der Waals surface area contributed by atoms with Crippen molar-refractivity contribution in [2.45, 2.75) is 57.3 Å². The summed E-state index contributed by atoms with van der Waals surface area (Å²) in [4.78, 5) is 18.3.